The number of esters is 2. The van der Waals surface area contributed by atoms with Gasteiger partial charge in [0.2, 0.25) is 0 Å². The van der Waals surface area contributed by atoms with Crippen molar-refractivity contribution in [3.63, 3.8) is 0 Å². The lowest BCUT2D eigenvalue weighted by molar-refractivity contribution is -0.250. The number of rotatable bonds is 18. The predicted octanol–water partition coefficient (Wildman–Crippen LogP) is 6.94. The van der Waals surface area contributed by atoms with E-state index >= 15 is 0 Å². The molecule has 296 valence electrons. The number of ether oxygens (including phenoxy) is 9. The molecule has 2 heterocycles. The second-order valence-electron chi connectivity index (χ2n) is 13.6. The van der Waals surface area contributed by atoms with Gasteiger partial charge in [-0.15, -0.1) is 0 Å². The van der Waals surface area contributed by atoms with Crippen LogP contribution in [0.15, 0.2) is 152 Å². The maximum atomic E-state index is 13.1. The average Bonchev–Trinajstić information content (AvgIpc) is 3.79. The highest BCUT2D eigenvalue weighted by Gasteiger charge is 2.54. The topological polar surface area (TPSA) is 117 Å². The van der Waals surface area contributed by atoms with Crippen LogP contribution in [0.2, 0.25) is 0 Å². The summed E-state index contributed by atoms with van der Waals surface area (Å²) in [6.45, 7) is 0.402. The second kappa shape index (κ2) is 20.3. The Morgan fingerprint density at radius 2 is 0.807 bits per heavy atom. The minimum Gasteiger partial charge on any atom is -0.459 e. The molecule has 0 spiro atoms. The lowest BCUT2D eigenvalue weighted by Crippen LogP contribution is -2.45. The van der Waals surface area contributed by atoms with Gasteiger partial charge in [-0.25, -0.2) is 9.59 Å². The van der Waals surface area contributed by atoms with Crippen molar-refractivity contribution in [3.8, 4) is 0 Å². The quantitative estimate of drug-likeness (QED) is 0.0863. The van der Waals surface area contributed by atoms with Crippen molar-refractivity contribution in [2.24, 2.45) is 0 Å². The van der Waals surface area contributed by atoms with Gasteiger partial charge in [-0.05, 0) is 41.0 Å². The van der Waals surface area contributed by atoms with Gasteiger partial charge in [0.15, 0.2) is 12.6 Å². The fourth-order valence-electron chi connectivity index (χ4n) is 6.76. The van der Waals surface area contributed by atoms with Crippen LogP contribution in [0.4, 0.5) is 0 Å². The third kappa shape index (κ3) is 10.8. The molecule has 11 heteroatoms. The summed E-state index contributed by atoms with van der Waals surface area (Å²) in [6.07, 6.45) is -6.77. The van der Waals surface area contributed by atoms with Crippen LogP contribution in [-0.2, 0) is 62.5 Å². The van der Waals surface area contributed by atoms with E-state index in [4.69, 9.17) is 42.6 Å². The molecule has 0 saturated carbocycles. The number of benzene rings is 5. The van der Waals surface area contributed by atoms with E-state index in [1.54, 1.807) is 48.5 Å². The van der Waals surface area contributed by atoms with Gasteiger partial charge < -0.3 is 42.6 Å². The van der Waals surface area contributed by atoms with Gasteiger partial charge in [-0.2, -0.15) is 0 Å². The van der Waals surface area contributed by atoms with E-state index in [1.807, 2.05) is 103 Å². The first-order valence-electron chi connectivity index (χ1n) is 19.0. The Morgan fingerprint density at radius 1 is 0.456 bits per heavy atom. The largest absolute Gasteiger partial charge is 0.459 e. The van der Waals surface area contributed by atoms with Crippen LogP contribution in [-0.4, -0.2) is 81.5 Å². The molecule has 5 aromatic carbocycles. The summed E-state index contributed by atoms with van der Waals surface area (Å²) in [7, 11) is 1.50. The average molecular weight is 775 g/mol. The molecule has 2 aliphatic rings. The van der Waals surface area contributed by atoms with Gasteiger partial charge in [-0.1, -0.05) is 127 Å². The molecule has 0 aliphatic carbocycles. The van der Waals surface area contributed by atoms with E-state index < -0.39 is 61.1 Å². The molecule has 0 N–H and O–H groups in total. The van der Waals surface area contributed by atoms with Crippen molar-refractivity contribution < 1.29 is 52.2 Å². The highest BCUT2D eigenvalue weighted by atomic mass is 16.8. The molecule has 0 bridgehead atoms. The summed E-state index contributed by atoms with van der Waals surface area (Å²) in [5, 5.41) is 0. The van der Waals surface area contributed by atoms with E-state index in [2.05, 4.69) is 0 Å². The molecular weight excluding hydrogens is 728 g/mol. The summed E-state index contributed by atoms with van der Waals surface area (Å²) in [4.78, 5) is 26.1. The third-order valence-corrected chi connectivity index (χ3v) is 9.69. The van der Waals surface area contributed by atoms with Crippen LogP contribution < -0.4 is 0 Å². The van der Waals surface area contributed by atoms with E-state index in [-0.39, 0.29) is 33.0 Å². The molecule has 5 aromatic rings. The van der Waals surface area contributed by atoms with Crippen molar-refractivity contribution in [1.82, 2.24) is 0 Å². The molecular formula is C46H46O11. The Kier molecular flexibility index (Phi) is 14.2. The van der Waals surface area contributed by atoms with Crippen LogP contribution in [0.5, 0.6) is 0 Å². The lowest BCUT2D eigenvalue weighted by Gasteiger charge is -2.29. The van der Waals surface area contributed by atoms with Gasteiger partial charge >= 0.3 is 11.9 Å². The Labute approximate surface area is 332 Å². The van der Waals surface area contributed by atoms with Crippen LogP contribution >= 0.6 is 0 Å². The normalized spacial score (nSPS) is 24.2. The zero-order chi connectivity index (χ0) is 39.2. The molecule has 2 fully saturated rings. The van der Waals surface area contributed by atoms with Crippen LogP contribution in [0, 0.1) is 0 Å². The van der Waals surface area contributed by atoms with Crippen molar-refractivity contribution in [2.45, 2.75) is 69.0 Å². The predicted molar refractivity (Wildman–Crippen MR) is 208 cm³/mol. The van der Waals surface area contributed by atoms with Gasteiger partial charge in [0, 0.05) is 7.11 Å². The molecule has 8 atom stereocenters. The van der Waals surface area contributed by atoms with E-state index in [1.165, 1.54) is 7.11 Å². The van der Waals surface area contributed by atoms with Gasteiger partial charge in [0.05, 0.1) is 30.9 Å². The van der Waals surface area contributed by atoms with Gasteiger partial charge in [0.1, 0.15) is 49.8 Å². The molecule has 0 unspecified atom stereocenters. The first-order valence-corrected chi connectivity index (χ1v) is 19.0. The number of methoxy groups -OCH3 is 1. The summed E-state index contributed by atoms with van der Waals surface area (Å²) in [6, 6.07) is 46.6. The number of carbonyl (C=O) groups is 2. The maximum Gasteiger partial charge on any atom is 0.338 e. The zero-order valence-electron chi connectivity index (χ0n) is 31.6. The number of carbonyl (C=O) groups excluding carboxylic acids is 2. The minimum atomic E-state index is -1.06. The standard InChI is InChI=1S/C46H46O11/c1-49-45-42(40(51-28-33-19-9-3-10-20-33)38(55-45)31-54-44(48)36-25-15-6-16-26-36)57-46-41(52-29-34-21-11-4-12-22-34)39(50-27-32-17-7-2-8-18-32)37(56-46)30-53-43(47)35-23-13-5-14-24-35/h2-26,37-42,45-46H,27-31H2,1H3/t37-,38-,39-,40-,41+,42+,45+,46-/m1/s1. The number of hydrogen-bond donors (Lipinski definition) is 0. The smallest absolute Gasteiger partial charge is 0.338 e. The summed E-state index contributed by atoms with van der Waals surface area (Å²) < 4.78 is 56.8. The first-order chi connectivity index (χ1) is 28.1. The van der Waals surface area contributed by atoms with E-state index in [9.17, 15) is 9.59 Å². The summed E-state index contributed by atoms with van der Waals surface area (Å²) in [5.74, 6) is -1.00. The Morgan fingerprint density at radius 3 is 1.21 bits per heavy atom. The molecule has 0 aromatic heterocycles. The summed E-state index contributed by atoms with van der Waals surface area (Å²) in [5.41, 5.74) is 3.61. The number of hydrogen-bond acceptors (Lipinski definition) is 11. The van der Waals surface area contributed by atoms with Crippen LogP contribution in [0.25, 0.3) is 0 Å². The fraction of sp³-hybridized carbons (Fsp3) is 0.304. The molecule has 0 amide bonds. The maximum absolute atomic E-state index is 13.1. The van der Waals surface area contributed by atoms with Gasteiger partial charge in [0.25, 0.3) is 0 Å². The van der Waals surface area contributed by atoms with Gasteiger partial charge in [-0.3, -0.25) is 0 Å². The minimum absolute atomic E-state index is 0.132. The lowest BCUT2D eigenvalue weighted by atomic mass is 10.1. The Balaban J connectivity index is 1.15. The first kappa shape index (κ1) is 40.0. The van der Waals surface area contributed by atoms with Crippen molar-refractivity contribution in [1.29, 1.82) is 0 Å². The fourth-order valence-corrected chi connectivity index (χ4v) is 6.76. The highest BCUT2D eigenvalue weighted by molar-refractivity contribution is 5.89. The third-order valence-electron chi connectivity index (χ3n) is 9.69. The Hall–Kier alpha value is -5.24. The summed E-state index contributed by atoms with van der Waals surface area (Å²) >= 11 is 0. The SMILES string of the molecule is CO[C@H]1O[C@H](COC(=O)c2ccccc2)[C@@H](OCc2ccccc2)[C@@H]1O[C@H]1O[C@H](COC(=O)c2ccccc2)[C@@H](OCc2ccccc2)[C@@H]1OCc1ccccc1. The van der Waals surface area contributed by atoms with Crippen molar-refractivity contribution >= 4 is 11.9 Å². The monoisotopic (exact) mass is 774 g/mol. The van der Waals surface area contributed by atoms with Crippen molar-refractivity contribution in [3.05, 3.63) is 179 Å². The molecule has 57 heavy (non-hydrogen) atoms. The zero-order valence-corrected chi connectivity index (χ0v) is 31.6. The highest BCUT2D eigenvalue weighted by Crippen LogP contribution is 2.36. The molecule has 11 nitrogen and oxygen atoms in total. The molecule has 0 radical (unpaired) electrons. The van der Waals surface area contributed by atoms with Crippen LogP contribution in [0.3, 0.4) is 0 Å². The van der Waals surface area contributed by atoms with Crippen molar-refractivity contribution in [2.75, 3.05) is 20.3 Å². The van der Waals surface area contributed by atoms with E-state index in [0.717, 1.165) is 16.7 Å². The second-order valence-corrected chi connectivity index (χ2v) is 13.6. The Bertz CT molecular complexity index is 1950. The van der Waals surface area contributed by atoms with E-state index in [0.29, 0.717) is 11.1 Å². The molecule has 7 rings (SSSR count). The van der Waals surface area contributed by atoms with Crippen LogP contribution in [0.1, 0.15) is 37.4 Å². The molecule has 2 aliphatic heterocycles. The molecule has 2 saturated heterocycles.